The number of benzene rings is 1. The van der Waals surface area contributed by atoms with Crippen LogP contribution in [0.1, 0.15) is 35.8 Å². The maximum atomic E-state index is 13.3. The average Bonchev–Trinajstić information content (AvgIpc) is 3.09. The zero-order valence-electron chi connectivity index (χ0n) is 15.7. The summed E-state index contributed by atoms with van der Waals surface area (Å²) in [5.41, 5.74) is 0.496. The highest BCUT2D eigenvalue weighted by atomic mass is 19.1. The molecule has 0 saturated carbocycles. The Hall–Kier alpha value is -2.70. The number of nitrogens with zero attached hydrogens (tertiary/aromatic N) is 3. The monoisotopic (exact) mass is 373 g/mol. The predicted molar refractivity (Wildman–Crippen MR) is 97.5 cm³/mol. The molecule has 1 amide bonds. The van der Waals surface area contributed by atoms with Crippen LogP contribution in [-0.2, 0) is 23.0 Å². The van der Waals surface area contributed by atoms with Gasteiger partial charge in [0, 0.05) is 26.3 Å². The predicted octanol–water partition coefficient (Wildman–Crippen LogP) is 2.59. The van der Waals surface area contributed by atoms with Gasteiger partial charge < -0.3 is 9.64 Å². The lowest BCUT2D eigenvalue weighted by Gasteiger charge is -2.41. The second-order valence-corrected chi connectivity index (χ2v) is 6.97. The number of rotatable bonds is 5. The highest BCUT2D eigenvalue weighted by Gasteiger charge is 2.45. The van der Waals surface area contributed by atoms with Gasteiger partial charge >= 0.3 is 5.97 Å². The fraction of sp³-hybridized carbons (Fsp3) is 0.450. The fourth-order valence-electron chi connectivity index (χ4n) is 3.71. The van der Waals surface area contributed by atoms with Crippen molar-refractivity contribution >= 4 is 11.9 Å². The van der Waals surface area contributed by atoms with Crippen molar-refractivity contribution in [3.8, 4) is 0 Å². The van der Waals surface area contributed by atoms with Crippen molar-refractivity contribution in [1.82, 2.24) is 14.7 Å². The van der Waals surface area contributed by atoms with E-state index in [9.17, 15) is 14.0 Å². The number of hydrogen-bond donors (Lipinski definition) is 0. The molecule has 1 atom stereocenters. The maximum absolute atomic E-state index is 13.3. The summed E-state index contributed by atoms with van der Waals surface area (Å²) in [5, 5.41) is 4.05. The smallest absolute Gasteiger partial charge is 0.314 e. The van der Waals surface area contributed by atoms with Crippen molar-refractivity contribution < 1.29 is 18.7 Å². The standard InChI is InChI=1S/C20H24FN3O3/c1-3-27-19(26)20(13-15-5-7-16(21)8-6-15)10-4-12-24(14-20)18(25)17-9-11-22-23(17)2/h5-9,11H,3-4,10,12-14H2,1-2H3/t20-/m1/s1. The first-order valence-electron chi connectivity index (χ1n) is 9.14. The largest absolute Gasteiger partial charge is 0.466 e. The highest BCUT2D eigenvalue weighted by Crippen LogP contribution is 2.36. The Kier molecular flexibility index (Phi) is 5.58. The lowest BCUT2D eigenvalue weighted by atomic mass is 9.75. The second kappa shape index (κ2) is 7.90. The molecule has 1 fully saturated rings. The number of aryl methyl sites for hydroxylation is 1. The van der Waals surface area contributed by atoms with Crippen molar-refractivity contribution in [2.45, 2.75) is 26.2 Å². The first kappa shape index (κ1) is 19.1. The van der Waals surface area contributed by atoms with Gasteiger partial charge in [0.2, 0.25) is 0 Å². The van der Waals surface area contributed by atoms with Crippen LogP contribution in [-0.4, -0.2) is 46.3 Å². The van der Waals surface area contributed by atoms with Crippen LogP contribution in [0, 0.1) is 11.2 Å². The molecule has 1 aliphatic heterocycles. The van der Waals surface area contributed by atoms with Crippen molar-refractivity contribution in [1.29, 1.82) is 0 Å². The summed E-state index contributed by atoms with van der Waals surface area (Å²) >= 11 is 0. The van der Waals surface area contributed by atoms with Crippen LogP contribution in [0.3, 0.4) is 0 Å². The molecule has 144 valence electrons. The SMILES string of the molecule is CCOC(=O)[C@@]1(Cc2ccc(F)cc2)CCCN(C(=O)c2ccnn2C)C1. The summed E-state index contributed by atoms with van der Waals surface area (Å²) in [6.07, 6.45) is 3.30. The number of hydrogen-bond acceptors (Lipinski definition) is 4. The van der Waals surface area contributed by atoms with E-state index in [-0.39, 0.29) is 30.8 Å². The molecule has 0 spiro atoms. The maximum Gasteiger partial charge on any atom is 0.314 e. The van der Waals surface area contributed by atoms with Crippen LogP contribution in [0.4, 0.5) is 4.39 Å². The summed E-state index contributed by atoms with van der Waals surface area (Å²) in [6.45, 7) is 2.90. The molecule has 1 saturated heterocycles. The van der Waals surface area contributed by atoms with Crippen LogP contribution < -0.4 is 0 Å². The van der Waals surface area contributed by atoms with Gasteiger partial charge in [0.1, 0.15) is 11.5 Å². The van der Waals surface area contributed by atoms with Crippen molar-refractivity contribution in [2.75, 3.05) is 19.7 Å². The normalized spacial score (nSPS) is 19.7. The number of carbonyl (C=O) groups excluding carboxylic acids is 2. The fourth-order valence-corrected chi connectivity index (χ4v) is 3.71. The number of aromatic nitrogens is 2. The molecule has 1 aromatic heterocycles. The number of piperidine rings is 1. The number of halogens is 1. The summed E-state index contributed by atoms with van der Waals surface area (Å²) in [6, 6.07) is 7.80. The van der Waals surface area contributed by atoms with Gasteiger partial charge in [-0.25, -0.2) is 4.39 Å². The molecule has 7 heteroatoms. The molecule has 3 rings (SSSR count). The number of esters is 1. The van der Waals surface area contributed by atoms with Crippen molar-refractivity contribution in [3.05, 3.63) is 53.6 Å². The van der Waals surface area contributed by atoms with Gasteiger partial charge in [-0.2, -0.15) is 5.10 Å². The molecule has 0 unspecified atom stereocenters. The lowest BCUT2D eigenvalue weighted by molar-refractivity contribution is -0.158. The Balaban J connectivity index is 1.87. The number of likely N-dealkylation sites (tertiary alicyclic amines) is 1. The first-order valence-corrected chi connectivity index (χ1v) is 9.14. The van der Waals surface area contributed by atoms with E-state index in [1.165, 1.54) is 16.8 Å². The minimum atomic E-state index is -0.833. The van der Waals surface area contributed by atoms with E-state index >= 15 is 0 Å². The molecule has 27 heavy (non-hydrogen) atoms. The molecule has 0 aliphatic carbocycles. The van der Waals surface area contributed by atoms with E-state index in [1.54, 1.807) is 43.3 Å². The molecule has 2 aromatic rings. The Morgan fingerprint density at radius 1 is 1.26 bits per heavy atom. The van der Waals surface area contributed by atoms with Crippen LogP contribution in [0.5, 0.6) is 0 Å². The van der Waals surface area contributed by atoms with Crippen LogP contribution in [0.25, 0.3) is 0 Å². The lowest BCUT2D eigenvalue weighted by Crippen LogP contribution is -2.52. The third-order valence-corrected chi connectivity index (χ3v) is 5.07. The second-order valence-electron chi connectivity index (χ2n) is 6.97. The zero-order valence-corrected chi connectivity index (χ0v) is 15.7. The molecule has 1 aliphatic rings. The summed E-state index contributed by atoms with van der Waals surface area (Å²) in [7, 11) is 1.72. The van der Waals surface area contributed by atoms with Gasteiger partial charge in [-0.1, -0.05) is 12.1 Å². The molecular formula is C20H24FN3O3. The van der Waals surface area contributed by atoms with Gasteiger partial charge in [-0.3, -0.25) is 14.3 Å². The van der Waals surface area contributed by atoms with Crippen LogP contribution in [0.15, 0.2) is 36.5 Å². The topological polar surface area (TPSA) is 64.4 Å². The third-order valence-electron chi connectivity index (χ3n) is 5.07. The zero-order chi connectivity index (χ0) is 19.4. The van der Waals surface area contributed by atoms with Gasteiger partial charge in [0.05, 0.1) is 12.0 Å². The van der Waals surface area contributed by atoms with E-state index in [2.05, 4.69) is 5.10 Å². The number of ether oxygens (including phenoxy) is 1. The molecule has 2 heterocycles. The van der Waals surface area contributed by atoms with E-state index in [1.807, 2.05) is 0 Å². The molecule has 6 nitrogen and oxygen atoms in total. The van der Waals surface area contributed by atoms with Crippen molar-refractivity contribution in [2.24, 2.45) is 12.5 Å². The average molecular weight is 373 g/mol. The molecule has 0 bridgehead atoms. The van der Waals surface area contributed by atoms with E-state index in [0.717, 1.165) is 5.56 Å². The summed E-state index contributed by atoms with van der Waals surface area (Å²) < 4.78 is 20.1. The van der Waals surface area contributed by atoms with Crippen molar-refractivity contribution in [3.63, 3.8) is 0 Å². The molecule has 0 radical (unpaired) electrons. The summed E-state index contributed by atoms with van der Waals surface area (Å²) in [4.78, 5) is 27.5. The van der Waals surface area contributed by atoms with E-state index in [0.29, 0.717) is 31.5 Å². The molecular weight excluding hydrogens is 349 g/mol. The van der Waals surface area contributed by atoms with Gasteiger partial charge in [-0.05, 0) is 49.9 Å². The molecule has 1 aromatic carbocycles. The minimum absolute atomic E-state index is 0.150. The molecule has 0 N–H and O–H groups in total. The summed E-state index contributed by atoms with van der Waals surface area (Å²) in [5.74, 6) is -0.778. The minimum Gasteiger partial charge on any atom is -0.466 e. The van der Waals surface area contributed by atoms with Crippen LogP contribution in [0.2, 0.25) is 0 Å². The van der Waals surface area contributed by atoms with Gasteiger partial charge in [-0.15, -0.1) is 0 Å². The highest BCUT2D eigenvalue weighted by molar-refractivity contribution is 5.93. The van der Waals surface area contributed by atoms with Crippen LogP contribution >= 0.6 is 0 Å². The number of amides is 1. The quantitative estimate of drug-likeness (QED) is 0.756. The Morgan fingerprint density at radius 3 is 2.63 bits per heavy atom. The van der Waals surface area contributed by atoms with E-state index in [4.69, 9.17) is 4.74 Å². The first-order chi connectivity index (χ1) is 12.9. The van der Waals surface area contributed by atoms with E-state index < -0.39 is 5.41 Å². The Labute approximate surface area is 157 Å². The Morgan fingerprint density at radius 2 is 2.00 bits per heavy atom. The van der Waals surface area contributed by atoms with Gasteiger partial charge in [0.25, 0.3) is 5.91 Å². The Bertz CT molecular complexity index is 818. The third kappa shape index (κ3) is 4.02. The van der Waals surface area contributed by atoms with Gasteiger partial charge in [0.15, 0.2) is 0 Å². The number of carbonyl (C=O) groups is 2.